The molecule has 0 fully saturated rings. The standard InChI is InChI=1S/C13H21NS/c1-3-14(9-12(2)11-15)10-13-7-5-4-6-8-13/h4-8,12,15H,3,9-11H2,1-2H3. The van der Waals surface area contributed by atoms with E-state index in [2.05, 4.69) is 61.7 Å². The molecule has 0 saturated carbocycles. The first-order valence-electron chi connectivity index (χ1n) is 5.63. The van der Waals surface area contributed by atoms with Crippen LogP contribution >= 0.6 is 12.6 Å². The lowest BCUT2D eigenvalue weighted by Gasteiger charge is -2.23. The third-order valence-corrected chi connectivity index (χ3v) is 3.20. The van der Waals surface area contributed by atoms with E-state index in [1.807, 2.05) is 0 Å². The Labute approximate surface area is 98.9 Å². The van der Waals surface area contributed by atoms with Crippen molar-refractivity contribution in [1.29, 1.82) is 0 Å². The van der Waals surface area contributed by atoms with Crippen molar-refractivity contribution >= 4 is 12.6 Å². The van der Waals surface area contributed by atoms with E-state index in [1.165, 1.54) is 5.56 Å². The van der Waals surface area contributed by atoms with Crippen molar-refractivity contribution in [1.82, 2.24) is 4.90 Å². The normalized spacial score (nSPS) is 13.1. The number of rotatable bonds is 6. The molecule has 0 aliphatic heterocycles. The molecule has 1 rings (SSSR count). The Morgan fingerprint density at radius 3 is 2.47 bits per heavy atom. The Hall–Kier alpha value is -0.470. The largest absolute Gasteiger partial charge is 0.299 e. The zero-order chi connectivity index (χ0) is 11.1. The minimum absolute atomic E-state index is 0.664. The molecule has 1 aromatic carbocycles. The fraction of sp³-hybridized carbons (Fsp3) is 0.538. The molecule has 1 aromatic rings. The molecule has 0 heterocycles. The Bertz CT molecular complexity index is 260. The molecule has 0 N–H and O–H groups in total. The van der Waals surface area contributed by atoms with Crippen molar-refractivity contribution in [3.05, 3.63) is 35.9 Å². The van der Waals surface area contributed by atoms with E-state index in [-0.39, 0.29) is 0 Å². The van der Waals surface area contributed by atoms with Crippen LogP contribution in [0.3, 0.4) is 0 Å². The van der Waals surface area contributed by atoms with Crippen LogP contribution in [0.2, 0.25) is 0 Å². The number of hydrogen-bond donors (Lipinski definition) is 1. The van der Waals surface area contributed by atoms with Crippen molar-refractivity contribution in [2.75, 3.05) is 18.8 Å². The minimum Gasteiger partial charge on any atom is -0.299 e. The molecule has 0 radical (unpaired) electrons. The van der Waals surface area contributed by atoms with Gasteiger partial charge in [-0.3, -0.25) is 4.90 Å². The Morgan fingerprint density at radius 1 is 1.27 bits per heavy atom. The van der Waals surface area contributed by atoms with Crippen LogP contribution in [0.1, 0.15) is 19.4 Å². The first kappa shape index (κ1) is 12.6. The zero-order valence-electron chi connectivity index (χ0n) is 9.69. The van der Waals surface area contributed by atoms with Crippen LogP contribution in [0.25, 0.3) is 0 Å². The Kier molecular flexibility index (Phi) is 5.81. The second kappa shape index (κ2) is 6.91. The van der Waals surface area contributed by atoms with Crippen LogP contribution in [-0.4, -0.2) is 23.7 Å². The maximum absolute atomic E-state index is 4.33. The second-order valence-electron chi connectivity index (χ2n) is 4.10. The van der Waals surface area contributed by atoms with Gasteiger partial charge in [-0.25, -0.2) is 0 Å². The first-order chi connectivity index (χ1) is 7.26. The Morgan fingerprint density at radius 2 is 1.93 bits per heavy atom. The fourth-order valence-electron chi connectivity index (χ4n) is 1.65. The molecule has 0 aliphatic carbocycles. The lowest BCUT2D eigenvalue weighted by atomic mass is 10.1. The molecule has 1 unspecified atom stereocenters. The molecule has 0 aromatic heterocycles. The minimum atomic E-state index is 0.664. The molecule has 0 spiro atoms. The highest BCUT2D eigenvalue weighted by Crippen LogP contribution is 2.07. The summed E-state index contributed by atoms with van der Waals surface area (Å²) in [4.78, 5) is 2.47. The van der Waals surface area contributed by atoms with Gasteiger partial charge in [0.2, 0.25) is 0 Å². The highest BCUT2D eigenvalue weighted by atomic mass is 32.1. The molecule has 2 heteroatoms. The summed E-state index contributed by atoms with van der Waals surface area (Å²) in [6, 6.07) is 10.6. The smallest absolute Gasteiger partial charge is 0.0233 e. The van der Waals surface area contributed by atoms with Gasteiger partial charge < -0.3 is 0 Å². The maximum atomic E-state index is 4.33. The summed E-state index contributed by atoms with van der Waals surface area (Å²) in [6.07, 6.45) is 0. The van der Waals surface area contributed by atoms with Crippen LogP contribution in [-0.2, 0) is 6.54 Å². The van der Waals surface area contributed by atoms with E-state index in [4.69, 9.17) is 0 Å². The maximum Gasteiger partial charge on any atom is 0.0233 e. The van der Waals surface area contributed by atoms with Gasteiger partial charge in [0, 0.05) is 13.1 Å². The summed E-state index contributed by atoms with van der Waals surface area (Å²) < 4.78 is 0. The van der Waals surface area contributed by atoms with E-state index >= 15 is 0 Å². The quantitative estimate of drug-likeness (QED) is 0.725. The molecular weight excluding hydrogens is 202 g/mol. The van der Waals surface area contributed by atoms with Gasteiger partial charge in [0.1, 0.15) is 0 Å². The molecule has 0 aliphatic rings. The summed E-state index contributed by atoms with van der Waals surface area (Å²) in [5.41, 5.74) is 1.39. The van der Waals surface area contributed by atoms with Crippen LogP contribution in [0.5, 0.6) is 0 Å². The fourth-order valence-corrected chi connectivity index (χ4v) is 1.76. The molecule has 0 amide bonds. The number of thiol groups is 1. The third kappa shape index (κ3) is 4.72. The van der Waals surface area contributed by atoms with Crippen molar-refractivity contribution in [2.24, 2.45) is 5.92 Å². The lowest BCUT2D eigenvalue weighted by Crippen LogP contribution is -2.28. The van der Waals surface area contributed by atoms with E-state index < -0.39 is 0 Å². The van der Waals surface area contributed by atoms with Crippen molar-refractivity contribution in [3.8, 4) is 0 Å². The van der Waals surface area contributed by atoms with Gasteiger partial charge in [0.05, 0.1) is 0 Å². The third-order valence-electron chi connectivity index (χ3n) is 2.58. The summed E-state index contributed by atoms with van der Waals surface area (Å²) in [7, 11) is 0. The summed E-state index contributed by atoms with van der Waals surface area (Å²) in [5.74, 6) is 1.63. The zero-order valence-corrected chi connectivity index (χ0v) is 10.6. The summed E-state index contributed by atoms with van der Waals surface area (Å²) >= 11 is 4.33. The Balaban J connectivity index is 2.47. The van der Waals surface area contributed by atoms with E-state index in [0.717, 1.165) is 25.4 Å². The van der Waals surface area contributed by atoms with Gasteiger partial charge in [-0.15, -0.1) is 0 Å². The average Bonchev–Trinajstić information content (AvgIpc) is 2.29. The predicted molar refractivity (Wildman–Crippen MR) is 70.4 cm³/mol. The molecule has 84 valence electrons. The van der Waals surface area contributed by atoms with Crippen LogP contribution in [0.15, 0.2) is 30.3 Å². The van der Waals surface area contributed by atoms with Crippen molar-refractivity contribution < 1.29 is 0 Å². The predicted octanol–water partition coefficient (Wildman–Crippen LogP) is 3.07. The van der Waals surface area contributed by atoms with Gasteiger partial charge in [-0.2, -0.15) is 12.6 Å². The number of benzene rings is 1. The van der Waals surface area contributed by atoms with Crippen molar-refractivity contribution in [2.45, 2.75) is 20.4 Å². The van der Waals surface area contributed by atoms with E-state index in [0.29, 0.717) is 5.92 Å². The molecule has 0 bridgehead atoms. The number of nitrogens with zero attached hydrogens (tertiary/aromatic N) is 1. The van der Waals surface area contributed by atoms with E-state index in [9.17, 15) is 0 Å². The highest BCUT2D eigenvalue weighted by Gasteiger charge is 2.07. The summed E-state index contributed by atoms with van der Waals surface area (Å²) in [5, 5.41) is 0. The molecule has 0 saturated heterocycles. The van der Waals surface area contributed by atoms with Gasteiger partial charge in [-0.1, -0.05) is 44.2 Å². The van der Waals surface area contributed by atoms with E-state index in [1.54, 1.807) is 0 Å². The molecule has 1 atom stereocenters. The first-order valence-corrected chi connectivity index (χ1v) is 6.26. The molecule has 15 heavy (non-hydrogen) atoms. The highest BCUT2D eigenvalue weighted by molar-refractivity contribution is 7.80. The van der Waals surface area contributed by atoms with Crippen molar-refractivity contribution in [3.63, 3.8) is 0 Å². The topological polar surface area (TPSA) is 3.24 Å². The lowest BCUT2D eigenvalue weighted by molar-refractivity contribution is 0.250. The van der Waals surface area contributed by atoms with Gasteiger partial charge >= 0.3 is 0 Å². The molecule has 1 nitrogen and oxygen atoms in total. The second-order valence-corrected chi connectivity index (χ2v) is 4.47. The summed E-state index contributed by atoms with van der Waals surface area (Å²) in [6.45, 7) is 7.76. The monoisotopic (exact) mass is 223 g/mol. The van der Waals surface area contributed by atoms with Crippen LogP contribution in [0, 0.1) is 5.92 Å². The molecular formula is C13H21NS. The van der Waals surface area contributed by atoms with Gasteiger partial charge in [0.15, 0.2) is 0 Å². The van der Waals surface area contributed by atoms with Gasteiger partial charge in [0.25, 0.3) is 0 Å². The number of hydrogen-bond acceptors (Lipinski definition) is 2. The SMILES string of the molecule is CCN(Cc1ccccc1)CC(C)CS. The average molecular weight is 223 g/mol. The van der Waals surface area contributed by atoms with Gasteiger partial charge in [-0.05, 0) is 23.8 Å². The van der Waals surface area contributed by atoms with Crippen LogP contribution in [0.4, 0.5) is 0 Å². The van der Waals surface area contributed by atoms with Crippen LogP contribution < -0.4 is 0 Å².